The van der Waals surface area contributed by atoms with Crippen LogP contribution in [0.5, 0.6) is 5.75 Å². The van der Waals surface area contributed by atoms with Crippen LogP contribution in [0, 0.1) is 0 Å². The number of hydrogen-bond acceptors (Lipinski definition) is 2. The Labute approximate surface area is 101 Å². The number of benzene rings is 1. The zero-order valence-electron chi connectivity index (χ0n) is 8.68. The molecule has 1 aliphatic rings. The van der Waals surface area contributed by atoms with Crippen molar-refractivity contribution in [3.63, 3.8) is 0 Å². The monoisotopic (exact) mass is 247 g/mol. The van der Waals surface area contributed by atoms with Crippen molar-refractivity contribution in [3.05, 3.63) is 28.3 Å². The Morgan fingerprint density at radius 3 is 2.73 bits per heavy atom. The van der Waals surface area contributed by atoms with E-state index in [4.69, 9.17) is 16.3 Å². The smallest absolute Gasteiger partial charge is 0.137 e. The van der Waals surface area contributed by atoms with Crippen LogP contribution in [0.4, 0.5) is 0 Å². The molecule has 0 saturated heterocycles. The number of hydrogen-bond donors (Lipinski definition) is 1. The van der Waals surface area contributed by atoms with Gasteiger partial charge in [-0.2, -0.15) is 0 Å². The van der Waals surface area contributed by atoms with E-state index in [0.717, 1.165) is 36.7 Å². The van der Waals surface area contributed by atoms with Crippen molar-refractivity contribution in [1.82, 2.24) is 5.32 Å². The van der Waals surface area contributed by atoms with Crippen molar-refractivity contribution in [1.29, 1.82) is 0 Å². The summed E-state index contributed by atoms with van der Waals surface area (Å²) in [4.78, 5) is 0. The average Bonchev–Trinajstić information content (AvgIpc) is 2.44. The largest absolute Gasteiger partial charge is 0.495 e. The molecule has 1 aliphatic heterocycles. The maximum atomic E-state index is 6.25. The van der Waals surface area contributed by atoms with E-state index >= 15 is 0 Å². The topological polar surface area (TPSA) is 21.3 Å². The maximum Gasteiger partial charge on any atom is 0.137 e. The summed E-state index contributed by atoms with van der Waals surface area (Å²) in [6.45, 7) is 2.04. The van der Waals surface area contributed by atoms with Crippen molar-refractivity contribution in [2.75, 3.05) is 20.2 Å². The first-order valence-corrected chi connectivity index (χ1v) is 5.25. The fourth-order valence-corrected chi connectivity index (χ4v) is 2.22. The molecule has 15 heavy (non-hydrogen) atoms. The first-order chi connectivity index (χ1) is 6.83. The van der Waals surface area contributed by atoms with Crippen molar-refractivity contribution in [2.24, 2.45) is 0 Å². The van der Waals surface area contributed by atoms with Gasteiger partial charge in [0, 0.05) is 0 Å². The molecule has 0 bridgehead atoms. The van der Waals surface area contributed by atoms with Gasteiger partial charge < -0.3 is 10.1 Å². The van der Waals surface area contributed by atoms with Crippen LogP contribution in [0.1, 0.15) is 11.1 Å². The third-order valence-corrected chi connectivity index (χ3v) is 3.06. The lowest BCUT2D eigenvalue weighted by atomic mass is 10.0. The lowest BCUT2D eigenvalue weighted by molar-refractivity contribution is 0.414. The number of fused-ring (bicyclic) bond motifs is 1. The molecule has 0 atom stereocenters. The molecule has 0 unspecified atom stereocenters. The second-order valence-electron chi connectivity index (χ2n) is 3.47. The van der Waals surface area contributed by atoms with Gasteiger partial charge in [-0.05, 0) is 43.1 Å². The summed E-state index contributed by atoms with van der Waals surface area (Å²) in [5.41, 5.74) is 2.59. The fraction of sp³-hybridized carbons (Fsp3) is 0.455. The molecular formula is C11H15Cl2NO. The lowest BCUT2D eigenvalue weighted by Gasteiger charge is -2.10. The lowest BCUT2D eigenvalue weighted by Crippen LogP contribution is -2.16. The van der Waals surface area contributed by atoms with Gasteiger partial charge in [-0.3, -0.25) is 0 Å². The quantitative estimate of drug-likeness (QED) is 0.824. The summed E-state index contributed by atoms with van der Waals surface area (Å²) in [6, 6.07) is 4.07. The molecule has 0 aliphatic carbocycles. The Bertz CT molecular complexity index is 342. The third kappa shape index (κ3) is 2.57. The fourth-order valence-electron chi connectivity index (χ4n) is 1.86. The van der Waals surface area contributed by atoms with E-state index in [1.807, 2.05) is 6.07 Å². The molecule has 84 valence electrons. The third-order valence-electron chi connectivity index (χ3n) is 2.65. The molecular weight excluding hydrogens is 233 g/mol. The van der Waals surface area contributed by atoms with Crippen LogP contribution in [-0.4, -0.2) is 20.2 Å². The molecule has 0 amide bonds. The second kappa shape index (κ2) is 5.59. The van der Waals surface area contributed by atoms with Crippen LogP contribution in [0.2, 0.25) is 5.02 Å². The predicted octanol–water partition coefficient (Wildman–Crippen LogP) is 2.46. The van der Waals surface area contributed by atoms with Gasteiger partial charge >= 0.3 is 0 Å². The minimum absolute atomic E-state index is 0. The Morgan fingerprint density at radius 2 is 2.00 bits per heavy atom. The van der Waals surface area contributed by atoms with E-state index < -0.39 is 0 Å². The van der Waals surface area contributed by atoms with Gasteiger partial charge in [0.25, 0.3) is 0 Å². The zero-order valence-corrected chi connectivity index (χ0v) is 10.3. The molecule has 4 heteroatoms. The van der Waals surface area contributed by atoms with Crippen molar-refractivity contribution in [2.45, 2.75) is 12.8 Å². The highest BCUT2D eigenvalue weighted by Gasteiger charge is 2.13. The molecule has 0 spiro atoms. The summed E-state index contributed by atoms with van der Waals surface area (Å²) in [6.07, 6.45) is 2.05. The summed E-state index contributed by atoms with van der Waals surface area (Å²) in [5.74, 6) is 0.785. The summed E-state index contributed by atoms with van der Waals surface area (Å²) in [7, 11) is 1.66. The van der Waals surface area contributed by atoms with Crippen molar-refractivity contribution >= 4 is 24.0 Å². The Balaban J connectivity index is 0.00000112. The van der Waals surface area contributed by atoms with Gasteiger partial charge in [0.2, 0.25) is 0 Å². The van der Waals surface area contributed by atoms with Gasteiger partial charge in [0.1, 0.15) is 5.75 Å². The van der Waals surface area contributed by atoms with E-state index in [1.54, 1.807) is 7.11 Å². The minimum Gasteiger partial charge on any atom is -0.495 e. The van der Waals surface area contributed by atoms with E-state index in [1.165, 1.54) is 11.1 Å². The zero-order chi connectivity index (χ0) is 9.97. The highest BCUT2D eigenvalue weighted by molar-refractivity contribution is 6.33. The van der Waals surface area contributed by atoms with Gasteiger partial charge in [-0.15, -0.1) is 12.4 Å². The minimum atomic E-state index is 0. The van der Waals surface area contributed by atoms with Gasteiger partial charge in [-0.25, -0.2) is 0 Å². The van der Waals surface area contributed by atoms with E-state index in [-0.39, 0.29) is 12.4 Å². The number of methoxy groups -OCH3 is 1. The van der Waals surface area contributed by atoms with Gasteiger partial charge in [0.05, 0.1) is 12.1 Å². The van der Waals surface area contributed by atoms with Crippen LogP contribution in [0.3, 0.4) is 0 Å². The molecule has 1 N–H and O–H groups in total. The first-order valence-electron chi connectivity index (χ1n) is 4.88. The highest BCUT2D eigenvalue weighted by Crippen LogP contribution is 2.31. The first kappa shape index (κ1) is 12.6. The summed E-state index contributed by atoms with van der Waals surface area (Å²) in [5, 5.41) is 4.15. The number of nitrogens with one attached hydrogen (secondary N) is 1. The number of halogens is 2. The van der Waals surface area contributed by atoms with Crippen LogP contribution < -0.4 is 10.1 Å². The van der Waals surface area contributed by atoms with Gasteiger partial charge in [-0.1, -0.05) is 17.7 Å². The molecule has 0 saturated carbocycles. The van der Waals surface area contributed by atoms with Crippen LogP contribution in [0.15, 0.2) is 12.1 Å². The molecule has 0 aromatic heterocycles. The number of ether oxygens (including phenoxy) is 1. The van der Waals surface area contributed by atoms with Crippen LogP contribution in [0.25, 0.3) is 0 Å². The van der Waals surface area contributed by atoms with Crippen molar-refractivity contribution < 1.29 is 4.74 Å². The molecule has 0 fully saturated rings. The Morgan fingerprint density at radius 1 is 1.27 bits per heavy atom. The summed E-state index contributed by atoms with van der Waals surface area (Å²) < 4.78 is 5.20. The molecule has 1 aromatic carbocycles. The van der Waals surface area contributed by atoms with E-state index in [2.05, 4.69) is 11.4 Å². The standard InChI is InChI=1S/C11H14ClNO.ClH/c1-14-10-3-2-8-4-6-13-7-5-9(8)11(10)12;/h2-3,13H,4-7H2,1H3;1H. The van der Waals surface area contributed by atoms with Crippen LogP contribution in [-0.2, 0) is 12.8 Å². The second-order valence-corrected chi connectivity index (χ2v) is 3.85. The average molecular weight is 248 g/mol. The molecule has 1 heterocycles. The molecule has 1 aromatic rings. The maximum absolute atomic E-state index is 6.25. The number of rotatable bonds is 1. The normalized spacial score (nSPS) is 14.8. The molecule has 0 radical (unpaired) electrons. The molecule has 2 rings (SSSR count). The summed E-state index contributed by atoms with van der Waals surface area (Å²) >= 11 is 6.25. The highest BCUT2D eigenvalue weighted by atomic mass is 35.5. The van der Waals surface area contributed by atoms with Crippen molar-refractivity contribution in [3.8, 4) is 5.75 Å². The SMILES string of the molecule is COc1ccc2c(c1Cl)CCNCC2.Cl. The Kier molecular flexibility index (Phi) is 4.71. The van der Waals surface area contributed by atoms with Crippen LogP contribution >= 0.6 is 24.0 Å². The molecule has 2 nitrogen and oxygen atoms in total. The van der Waals surface area contributed by atoms with E-state index in [0.29, 0.717) is 0 Å². The van der Waals surface area contributed by atoms with Gasteiger partial charge in [0.15, 0.2) is 0 Å². The predicted molar refractivity (Wildman–Crippen MR) is 65.5 cm³/mol. The van der Waals surface area contributed by atoms with E-state index in [9.17, 15) is 0 Å². The Hall–Kier alpha value is -0.440.